The van der Waals surface area contributed by atoms with Crippen LogP contribution >= 0.6 is 11.8 Å². The molecule has 1 aromatic carbocycles. The maximum atomic E-state index is 12.8. The molecule has 18 heavy (non-hydrogen) atoms. The lowest BCUT2D eigenvalue weighted by atomic mass is 9.95. The Balaban J connectivity index is 1.90. The number of hydrogen-bond donors (Lipinski definition) is 1. The van der Waals surface area contributed by atoms with Crippen LogP contribution in [-0.4, -0.2) is 18.8 Å². The number of allylic oxidation sites excluding steroid dienone is 1. The second-order valence-corrected chi connectivity index (χ2v) is 5.72. The van der Waals surface area contributed by atoms with Gasteiger partial charge in [0.05, 0.1) is 0 Å². The molecule has 1 atom stereocenters. The Hall–Kier alpha value is -0.800. The molecular weight excluding hydrogens is 245 g/mol. The standard InChI is InChI=1S/C15H20FNS/c1-17-15(12-5-3-2-4-6-12)11-18-14-9-7-13(16)8-10-14/h5,7-10,15,17H,2-4,6,11H2,1H3. The zero-order valence-corrected chi connectivity index (χ0v) is 11.6. The van der Waals surface area contributed by atoms with E-state index in [-0.39, 0.29) is 5.82 Å². The normalized spacial score (nSPS) is 17.3. The SMILES string of the molecule is CNC(CSc1ccc(F)cc1)C1=CCCCC1. The second kappa shape index (κ2) is 6.95. The fourth-order valence-corrected chi connectivity index (χ4v) is 3.33. The highest BCUT2D eigenvalue weighted by Gasteiger charge is 2.14. The summed E-state index contributed by atoms with van der Waals surface area (Å²) in [5.41, 5.74) is 1.54. The van der Waals surface area contributed by atoms with E-state index in [0.717, 1.165) is 10.6 Å². The Bertz CT molecular complexity index is 399. The molecule has 1 aliphatic rings. The molecule has 0 spiro atoms. The maximum Gasteiger partial charge on any atom is 0.123 e. The number of rotatable bonds is 5. The van der Waals surface area contributed by atoms with Crippen LogP contribution < -0.4 is 5.32 Å². The van der Waals surface area contributed by atoms with Gasteiger partial charge >= 0.3 is 0 Å². The Morgan fingerprint density at radius 2 is 2.06 bits per heavy atom. The zero-order valence-electron chi connectivity index (χ0n) is 10.8. The van der Waals surface area contributed by atoms with Crippen LogP contribution in [0.4, 0.5) is 4.39 Å². The lowest BCUT2D eigenvalue weighted by molar-refractivity contribution is 0.608. The van der Waals surface area contributed by atoms with E-state index in [9.17, 15) is 4.39 Å². The Labute approximate surface area is 113 Å². The summed E-state index contributed by atoms with van der Waals surface area (Å²) in [5, 5.41) is 3.39. The van der Waals surface area contributed by atoms with Gasteiger partial charge in [-0.15, -0.1) is 11.8 Å². The molecular formula is C15H20FNS. The van der Waals surface area contributed by atoms with E-state index in [4.69, 9.17) is 0 Å². The Morgan fingerprint density at radius 1 is 1.28 bits per heavy atom. The topological polar surface area (TPSA) is 12.0 Å². The molecule has 2 rings (SSSR count). The molecule has 0 radical (unpaired) electrons. The molecule has 1 N–H and O–H groups in total. The molecule has 0 fully saturated rings. The van der Waals surface area contributed by atoms with Crippen LogP contribution in [-0.2, 0) is 0 Å². The molecule has 1 aliphatic carbocycles. The number of thioether (sulfide) groups is 1. The summed E-state index contributed by atoms with van der Waals surface area (Å²) in [7, 11) is 2.02. The van der Waals surface area contributed by atoms with Gasteiger partial charge in [-0.25, -0.2) is 4.39 Å². The Morgan fingerprint density at radius 3 is 2.67 bits per heavy atom. The number of benzene rings is 1. The van der Waals surface area contributed by atoms with Crippen molar-refractivity contribution in [3.8, 4) is 0 Å². The van der Waals surface area contributed by atoms with Crippen LogP contribution in [0.3, 0.4) is 0 Å². The van der Waals surface area contributed by atoms with Gasteiger partial charge in [-0.2, -0.15) is 0 Å². The van der Waals surface area contributed by atoms with Crippen LogP contribution in [0.15, 0.2) is 40.8 Å². The summed E-state index contributed by atoms with van der Waals surface area (Å²) in [4.78, 5) is 1.13. The quantitative estimate of drug-likeness (QED) is 0.638. The van der Waals surface area contributed by atoms with E-state index < -0.39 is 0 Å². The smallest absolute Gasteiger partial charge is 0.123 e. The van der Waals surface area contributed by atoms with Crippen LogP contribution in [0.1, 0.15) is 25.7 Å². The van der Waals surface area contributed by atoms with Crippen molar-refractivity contribution in [1.29, 1.82) is 0 Å². The van der Waals surface area contributed by atoms with Gasteiger partial charge in [0.25, 0.3) is 0 Å². The van der Waals surface area contributed by atoms with Gasteiger partial charge in [-0.1, -0.05) is 11.6 Å². The first-order valence-electron chi connectivity index (χ1n) is 6.54. The molecule has 0 saturated carbocycles. The van der Waals surface area contributed by atoms with E-state index in [1.165, 1.54) is 37.8 Å². The summed E-state index contributed by atoms with van der Waals surface area (Å²) in [6.45, 7) is 0. The molecule has 1 unspecified atom stereocenters. The third-order valence-electron chi connectivity index (χ3n) is 3.35. The van der Waals surface area contributed by atoms with Gasteiger partial charge in [-0.05, 0) is 57.0 Å². The van der Waals surface area contributed by atoms with Crippen molar-refractivity contribution >= 4 is 11.8 Å². The average Bonchev–Trinajstić information content (AvgIpc) is 2.43. The molecule has 0 bridgehead atoms. The molecule has 1 nitrogen and oxygen atoms in total. The van der Waals surface area contributed by atoms with Crippen LogP contribution in [0.25, 0.3) is 0 Å². The van der Waals surface area contributed by atoms with Gasteiger partial charge in [0.1, 0.15) is 5.82 Å². The van der Waals surface area contributed by atoms with Gasteiger partial charge in [0.15, 0.2) is 0 Å². The van der Waals surface area contributed by atoms with Crippen molar-refractivity contribution < 1.29 is 4.39 Å². The molecule has 0 aromatic heterocycles. The molecule has 0 heterocycles. The van der Waals surface area contributed by atoms with E-state index in [0.29, 0.717) is 6.04 Å². The van der Waals surface area contributed by atoms with Crippen molar-refractivity contribution in [2.24, 2.45) is 0 Å². The third kappa shape index (κ3) is 3.85. The minimum Gasteiger partial charge on any atom is -0.313 e. The predicted molar refractivity (Wildman–Crippen MR) is 76.5 cm³/mol. The molecule has 0 saturated heterocycles. The van der Waals surface area contributed by atoms with Gasteiger partial charge < -0.3 is 5.32 Å². The van der Waals surface area contributed by atoms with E-state index in [2.05, 4.69) is 11.4 Å². The van der Waals surface area contributed by atoms with Gasteiger partial charge in [0.2, 0.25) is 0 Å². The number of nitrogens with one attached hydrogen (secondary N) is 1. The fraction of sp³-hybridized carbons (Fsp3) is 0.467. The van der Waals surface area contributed by atoms with Crippen LogP contribution in [0.2, 0.25) is 0 Å². The van der Waals surface area contributed by atoms with E-state index in [1.807, 2.05) is 19.2 Å². The first-order valence-corrected chi connectivity index (χ1v) is 7.52. The molecule has 1 aromatic rings. The van der Waals surface area contributed by atoms with Gasteiger partial charge in [0, 0.05) is 16.7 Å². The fourth-order valence-electron chi connectivity index (χ4n) is 2.27. The number of likely N-dealkylation sites (N-methyl/N-ethyl adjacent to an activating group) is 1. The number of hydrogen-bond acceptors (Lipinski definition) is 2. The first-order chi connectivity index (χ1) is 8.79. The highest BCUT2D eigenvalue weighted by Crippen LogP contribution is 2.25. The van der Waals surface area contributed by atoms with Crippen molar-refractivity contribution in [3.63, 3.8) is 0 Å². The van der Waals surface area contributed by atoms with E-state index in [1.54, 1.807) is 17.3 Å². The largest absolute Gasteiger partial charge is 0.313 e. The van der Waals surface area contributed by atoms with Crippen molar-refractivity contribution in [3.05, 3.63) is 41.7 Å². The Kier molecular flexibility index (Phi) is 5.26. The summed E-state index contributed by atoms with van der Waals surface area (Å²) in [6, 6.07) is 7.19. The van der Waals surface area contributed by atoms with Crippen molar-refractivity contribution in [2.45, 2.75) is 36.6 Å². The minimum absolute atomic E-state index is 0.167. The first kappa shape index (κ1) is 13.6. The van der Waals surface area contributed by atoms with Crippen molar-refractivity contribution in [1.82, 2.24) is 5.32 Å². The lowest BCUT2D eigenvalue weighted by Crippen LogP contribution is -2.30. The minimum atomic E-state index is -0.167. The van der Waals surface area contributed by atoms with Crippen LogP contribution in [0, 0.1) is 5.82 Å². The monoisotopic (exact) mass is 265 g/mol. The lowest BCUT2D eigenvalue weighted by Gasteiger charge is -2.22. The predicted octanol–water partition coefficient (Wildman–Crippen LogP) is 4.01. The van der Waals surface area contributed by atoms with Crippen molar-refractivity contribution in [2.75, 3.05) is 12.8 Å². The molecule has 98 valence electrons. The number of halogens is 1. The summed E-state index contributed by atoms with van der Waals surface area (Å²) in [5.74, 6) is 0.841. The summed E-state index contributed by atoms with van der Waals surface area (Å²) in [6.07, 6.45) is 7.45. The summed E-state index contributed by atoms with van der Waals surface area (Å²) < 4.78 is 12.8. The molecule has 0 aliphatic heterocycles. The van der Waals surface area contributed by atoms with E-state index >= 15 is 0 Å². The molecule has 3 heteroatoms. The van der Waals surface area contributed by atoms with Gasteiger partial charge in [-0.3, -0.25) is 0 Å². The highest BCUT2D eigenvalue weighted by atomic mass is 32.2. The third-order valence-corrected chi connectivity index (χ3v) is 4.46. The second-order valence-electron chi connectivity index (χ2n) is 4.63. The molecule has 0 amide bonds. The summed E-state index contributed by atoms with van der Waals surface area (Å²) >= 11 is 1.79. The maximum absolute atomic E-state index is 12.8. The zero-order chi connectivity index (χ0) is 12.8. The average molecular weight is 265 g/mol. The highest BCUT2D eigenvalue weighted by molar-refractivity contribution is 7.99. The van der Waals surface area contributed by atoms with Crippen LogP contribution in [0.5, 0.6) is 0 Å².